The van der Waals surface area contributed by atoms with Gasteiger partial charge < -0.3 is 9.42 Å². The normalized spacial score (nSPS) is 16.5. The molecule has 0 bridgehead atoms. The van der Waals surface area contributed by atoms with Crippen molar-refractivity contribution >= 4 is 16.0 Å². The summed E-state index contributed by atoms with van der Waals surface area (Å²) in [6, 6.07) is 10.1. The highest BCUT2D eigenvalue weighted by atomic mass is 32.2. The predicted molar refractivity (Wildman–Crippen MR) is 92.2 cm³/mol. The van der Waals surface area contributed by atoms with E-state index in [9.17, 15) is 8.42 Å². The van der Waals surface area contributed by atoms with Crippen molar-refractivity contribution in [1.29, 1.82) is 0 Å². The Morgan fingerprint density at radius 3 is 2.62 bits per heavy atom. The standard InChI is InChI=1S/C16H22N4O3S/c1-2-12-24(21,22)19-14-8-10-20(11-9-14)16-17-15(18-23-16)13-6-4-3-5-7-13/h3-7,14,19H,2,8-12H2,1H3. The van der Waals surface area contributed by atoms with Gasteiger partial charge in [0.25, 0.3) is 0 Å². The molecule has 1 aliphatic rings. The second kappa shape index (κ2) is 7.31. The van der Waals surface area contributed by atoms with E-state index in [4.69, 9.17) is 4.52 Å². The minimum Gasteiger partial charge on any atom is -0.324 e. The highest BCUT2D eigenvalue weighted by Crippen LogP contribution is 2.22. The molecule has 0 spiro atoms. The number of rotatable bonds is 6. The molecule has 1 aromatic carbocycles. The maximum Gasteiger partial charge on any atom is 0.324 e. The maximum atomic E-state index is 11.8. The molecule has 1 fully saturated rings. The minimum absolute atomic E-state index is 0.0192. The third kappa shape index (κ3) is 4.12. The Morgan fingerprint density at radius 2 is 1.96 bits per heavy atom. The summed E-state index contributed by atoms with van der Waals surface area (Å²) in [5.74, 6) is 0.744. The van der Waals surface area contributed by atoms with Gasteiger partial charge in [-0.2, -0.15) is 4.98 Å². The van der Waals surface area contributed by atoms with Crippen LogP contribution < -0.4 is 9.62 Å². The topological polar surface area (TPSA) is 88.3 Å². The molecule has 1 saturated heterocycles. The second-order valence-corrected chi connectivity index (χ2v) is 7.84. The molecular weight excluding hydrogens is 328 g/mol. The molecular formula is C16H22N4O3S. The third-order valence-corrected chi connectivity index (χ3v) is 5.67. The first-order chi connectivity index (χ1) is 11.6. The molecule has 130 valence electrons. The molecule has 2 heterocycles. The lowest BCUT2D eigenvalue weighted by molar-refractivity contribution is 0.387. The van der Waals surface area contributed by atoms with Crippen LogP contribution in [0.1, 0.15) is 26.2 Å². The number of aromatic nitrogens is 2. The fourth-order valence-corrected chi connectivity index (χ4v) is 4.22. The maximum absolute atomic E-state index is 11.8. The van der Waals surface area contributed by atoms with E-state index < -0.39 is 10.0 Å². The predicted octanol–water partition coefficient (Wildman–Crippen LogP) is 2.03. The number of hydrogen-bond donors (Lipinski definition) is 1. The smallest absolute Gasteiger partial charge is 0.324 e. The highest BCUT2D eigenvalue weighted by molar-refractivity contribution is 7.89. The summed E-state index contributed by atoms with van der Waals surface area (Å²) < 4.78 is 31.8. The molecule has 2 aromatic rings. The van der Waals surface area contributed by atoms with Crippen LogP contribution in [0.25, 0.3) is 11.4 Å². The van der Waals surface area contributed by atoms with Crippen LogP contribution in [0.15, 0.2) is 34.9 Å². The summed E-state index contributed by atoms with van der Waals surface area (Å²) in [6.07, 6.45) is 2.08. The van der Waals surface area contributed by atoms with Crippen molar-refractivity contribution in [2.24, 2.45) is 0 Å². The van der Waals surface area contributed by atoms with Crippen LogP contribution in [0.3, 0.4) is 0 Å². The molecule has 0 atom stereocenters. The monoisotopic (exact) mass is 350 g/mol. The van der Waals surface area contributed by atoms with Crippen LogP contribution in [-0.2, 0) is 10.0 Å². The van der Waals surface area contributed by atoms with Crippen molar-refractivity contribution < 1.29 is 12.9 Å². The highest BCUT2D eigenvalue weighted by Gasteiger charge is 2.25. The zero-order valence-corrected chi connectivity index (χ0v) is 14.5. The number of nitrogens with zero attached hydrogens (tertiary/aromatic N) is 3. The number of sulfonamides is 1. The number of anilines is 1. The summed E-state index contributed by atoms with van der Waals surface area (Å²) in [5, 5.41) is 4.03. The third-order valence-electron chi connectivity index (χ3n) is 4.03. The fourth-order valence-electron chi connectivity index (χ4n) is 2.82. The zero-order valence-electron chi connectivity index (χ0n) is 13.7. The van der Waals surface area contributed by atoms with Crippen LogP contribution in [0, 0.1) is 0 Å². The number of nitrogens with one attached hydrogen (secondary N) is 1. The van der Waals surface area contributed by atoms with E-state index in [1.54, 1.807) is 0 Å². The Balaban J connectivity index is 1.58. The van der Waals surface area contributed by atoms with E-state index in [2.05, 4.69) is 14.9 Å². The van der Waals surface area contributed by atoms with Crippen molar-refractivity contribution in [2.45, 2.75) is 32.2 Å². The van der Waals surface area contributed by atoms with E-state index >= 15 is 0 Å². The van der Waals surface area contributed by atoms with Crippen molar-refractivity contribution in [3.63, 3.8) is 0 Å². The van der Waals surface area contributed by atoms with Crippen LogP contribution in [0.2, 0.25) is 0 Å². The Bertz CT molecular complexity index is 753. The molecule has 0 amide bonds. The number of hydrogen-bond acceptors (Lipinski definition) is 6. The molecule has 24 heavy (non-hydrogen) atoms. The first-order valence-electron chi connectivity index (χ1n) is 8.21. The van der Waals surface area contributed by atoms with Gasteiger partial charge in [0.05, 0.1) is 5.75 Å². The van der Waals surface area contributed by atoms with E-state index in [0.29, 0.717) is 31.3 Å². The quantitative estimate of drug-likeness (QED) is 0.858. The van der Waals surface area contributed by atoms with Gasteiger partial charge in [-0.15, -0.1) is 0 Å². The average molecular weight is 350 g/mol. The van der Waals surface area contributed by atoms with Crippen LogP contribution >= 0.6 is 0 Å². The van der Waals surface area contributed by atoms with Gasteiger partial charge in [-0.3, -0.25) is 0 Å². The second-order valence-electron chi connectivity index (χ2n) is 5.96. The summed E-state index contributed by atoms with van der Waals surface area (Å²) >= 11 is 0. The summed E-state index contributed by atoms with van der Waals surface area (Å²) in [4.78, 5) is 6.45. The Labute approximate surface area is 142 Å². The lowest BCUT2D eigenvalue weighted by Crippen LogP contribution is -2.45. The Kier molecular flexibility index (Phi) is 5.15. The van der Waals surface area contributed by atoms with E-state index in [1.165, 1.54) is 0 Å². The van der Waals surface area contributed by atoms with Crippen molar-refractivity contribution in [2.75, 3.05) is 23.7 Å². The first-order valence-corrected chi connectivity index (χ1v) is 9.86. The van der Waals surface area contributed by atoms with E-state index in [0.717, 1.165) is 18.4 Å². The molecule has 1 N–H and O–H groups in total. The SMILES string of the molecule is CCCS(=O)(=O)NC1CCN(c2nc(-c3ccccc3)no2)CC1. The van der Waals surface area contributed by atoms with Gasteiger partial charge in [-0.1, -0.05) is 42.4 Å². The molecule has 1 aromatic heterocycles. The lowest BCUT2D eigenvalue weighted by Gasteiger charge is -2.30. The molecule has 0 radical (unpaired) electrons. The van der Waals surface area contributed by atoms with Gasteiger partial charge >= 0.3 is 6.01 Å². The fraction of sp³-hybridized carbons (Fsp3) is 0.500. The number of benzene rings is 1. The molecule has 0 saturated carbocycles. The van der Waals surface area contributed by atoms with Gasteiger partial charge in [-0.05, 0) is 19.3 Å². The Morgan fingerprint density at radius 1 is 1.25 bits per heavy atom. The van der Waals surface area contributed by atoms with Crippen LogP contribution in [0.4, 0.5) is 6.01 Å². The van der Waals surface area contributed by atoms with Gasteiger partial charge in [0.2, 0.25) is 15.8 Å². The van der Waals surface area contributed by atoms with Crippen LogP contribution in [-0.4, -0.2) is 43.4 Å². The van der Waals surface area contributed by atoms with E-state index in [1.807, 2.05) is 42.2 Å². The average Bonchev–Trinajstić information content (AvgIpc) is 3.06. The molecule has 7 nitrogen and oxygen atoms in total. The van der Waals surface area contributed by atoms with Crippen molar-refractivity contribution in [3.8, 4) is 11.4 Å². The summed E-state index contributed by atoms with van der Waals surface area (Å²) in [6.45, 7) is 3.24. The molecule has 8 heteroatoms. The number of piperidine rings is 1. The van der Waals surface area contributed by atoms with Gasteiger partial charge in [0.1, 0.15) is 0 Å². The van der Waals surface area contributed by atoms with Crippen molar-refractivity contribution in [1.82, 2.24) is 14.9 Å². The Hall–Kier alpha value is -1.93. The summed E-state index contributed by atoms with van der Waals surface area (Å²) in [7, 11) is -3.17. The summed E-state index contributed by atoms with van der Waals surface area (Å²) in [5.41, 5.74) is 0.912. The molecule has 1 aliphatic heterocycles. The minimum atomic E-state index is -3.17. The molecule has 0 unspecified atom stereocenters. The van der Waals surface area contributed by atoms with Crippen LogP contribution in [0.5, 0.6) is 0 Å². The van der Waals surface area contributed by atoms with Crippen molar-refractivity contribution in [3.05, 3.63) is 30.3 Å². The van der Waals surface area contributed by atoms with Gasteiger partial charge in [0.15, 0.2) is 0 Å². The van der Waals surface area contributed by atoms with E-state index in [-0.39, 0.29) is 11.8 Å². The van der Waals surface area contributed by atoms with Gasteiger partial charge in [-0.25, -0.2) is 13.1 Å². The lowest BCUT2D eigenvalue weighted by atomic mass is 10.1. The first kappa shape index (κ1) is 16.9. The molecule has 3 rings (SSSR count). The molecule has 0 aliphatic carbocycles. The zero-order chi connectivity index (χ0) is 17.0. The van der Waals surface area contributed by atoms with Gasteiger partial charge in [0, 0.05) is 24.7 Å². The largest absolute Gasteiger partial charge is 0.324 e.